The van der Waals surface area contributed by atoms with Crippen LogP contribution in [-0.4, -0.2) is 50.4 Å². The number of nitrogens with zero attached hydrogens (tertiary/aromatic N) is 3. The van der Waals surface area contributed by atoms with E-state index in [4.69, 9.17) is 25.4 Å². The molecule has 3 heterocycles. The predicted molar refractivity (Wildman–Crippen MR) is 176 cm³/mol. The highest BCUT2D eigenvalue weighted by atomic mass is 16.5. The van der Waals surface area contributed by atoms with Crippen LogP contribution < -0.4 is 20.5 Å². The van der Waals surface area contributed by atoms with E-state index in [1.165, 1.54) is 10.9 Å². The molecule has 0 saturated carbocycles. The summed E-state index contributed by atoms with van der Waals surface area (Å²) in [6.45, 7) is 3.83. The summed E-state index contributed by atoms with van der Waals surface area (Å²) in [4.78, 5) is 20.1. The van der Waals surface area contributed by atoms with Crippen molar-refractivity contribution in [2.45, 2.75) is 51.2 Å². The van der Waals surface area contributed by atoms with Crippen LogP contribution in [0.1, 0.15) is 48.2 Å². The molecule has 0 spiro atoms. The SMILES string of the molecule is COc1ccc(Cn2c(CCc3c[nH]c4ccccc34)nnc2C(Cc2c[nH]c3ccccc23)NC(=O)C(C)(C)N)c(OC)c1. The number of aromatic nitrogens is 5. The van der Waals surface area contributed by atoms with Gasteiger partial charge in [-0.05, 0) is 55.7 Å². The van der Waals surface area contributed by atoms with E-state index in [-0.39, 0.29) is 5.91 Å². The first-order valence-corrected chi connectivity index (χ1v) is 15.1. The van der Waals surface area contributed by atoms with Crippen molar-refractivity contribution in [2.75, 3.05) is 14.2 Å². The molecular formula is C35H39N7O3. The van der Waals surface area contributed by atoms with Crippen molar-refractivity contribution in [3.05, 3.63) is 107 Å². The second-order valence-electron chi connectivity index (χ2n) is 11.9. The van der Waals surface area contributed by atoms with Gasteiger partial charge in [-0.2, -0.15) is 0 Å². The first kappa shape index (κ1) is 30.0. The Morgan fingerprint density at radius 2 is 1.56 bits per heavy atom. The first-order chi connectivity index (χ1) is 21.7. The van der Waals surface area contributed by atoms with Gasteiger partial charge in [-0.25, -0.2) is 0 Å². The molecule has 0 aliphatic carbocycles. The first-order valence-electron chi connectivity index (χ1n) is 15.1. The summed E-state index contributed by atoms with van der Waals surface area (Å²) in [5.41, 5.74) is 10.5. The number of H-pyrrole nitrogens is 2. The van der Waals surface area contributed by atoms with Crippen molar-refractivity contribution in [3.63, 3.8) is 0 Å². The maximum Gasteiger partial charge on any atom is 0.240 e. The van der Waals surface area contributed by atoms with E-state index in [1.807, 2.05) is 54.7 Å². The Morgan fingerprint density at radius 3 is 2.22 bits per heavy atom. The Labute approximate surface area is 262 Å². The average molecular weight is 606 g/mol. The number of methoxy groups -OCH3 is 2. The van der Waals surface area contributed by atoms with E-state index in [2.05, 4.69) is 44.2 Å². The number of rotatable bonds is 12. The molecule has 0 fully saturated rings. The van der Waals surface area contributed by atoms with Crippen molar-refractivity contribution in [1.29, 1.82) is 0 Å². The van der Waals surface area contributed by atoms with Gasteiger partial charge < -0.3 is 35.1 Å². The zero-order valence-corrected chi connectivity index (χ0v) is 26.1. The monoisotopic (exact) mass is 605 g/mol. The van der Waals surface area contributed by atoms with E-state index < -0.39 is 11.6 Å². The average Bonchev–Trinajstić information content (AvgIpc) is 3.76. The van der Waals surface area contributed by atoms with Crippen molar-refractivity contribution < 1.29 is 14.3 Å². The van der Waals surface area contributed by atoms with Gasteiger partial charge in [-0.1, -0.05) is 36.4 Å². The minimum atomic E-state index is -1.08. The lowest BCUT2D eigenvalue weighted by molar-refractivity contribution is -0.126. The second-order valence-corrected chi connectivity index (χ2v) is 11.9. The maximum atomic E-state index is 13.4. The number of carbonyl (C=O) groups excluding carboxylic acids is 1. The fraction of sp³-hybridized carbons (Fsp3) is 0.286. The molecule has 3 aromatic heterocycles. The molecule has 0 saturated heterocycles. The number of nitrogens with one attached hydrogen (secondary N) is 3. The van der Waals surface area contributed by atoms with Crippen LogP contribution in [0.4, 0.5) is 0 Å². The molecular weight excluding hydrogens is 566 g/mol. The second kappa shape index (κ2) is 12.5. The lowest BCUT2D eigenvalue weighted by atomic mass is 10.0. The van der Waals surface area contributed by atoms with E-state index in [1.54, 1.807) is 28.1 Å². The topological polar surface area (TPSA) is 136 Å². The van der Waals surface area contributed by atoms with Crippen LogP contribution in [0.2, 0.25) is 0 Å². The molecule has 0 aliphatic heterocycles. The molecule has 1 atom stereocenters. The van der Waals surface area contributed by atoms with Crippen molar-refractivity contribution in [2.24, 2.45) is 5.73 Å². The van der Waals surface area contributed by atoms with Crippen molar-refractivity contribution in [3.8, 4) is 11.5 Å². The van der Waals surface area contributed by atoms with Crippen LogP contribution in [0.3, 0.4) is 0 Å². The third-order valence-electron chi connectivity index (χ3n) is 8.27. The zero-order chi connectivity index (χ0) is 31.6. The van der Waals surface area contributed by atoms with Crippen LogP contribution in [0.15, 0.2) is 79.1 Å². The zero-order valence-electron chi connectivity index (χ0n) is 26.1. The summed E-state index contributed by atoms with van der Waals surface area (Å²) in [6, 6.07) is 21.7. The minimum Gasteiger partial charge on any atom is -0.497 e. The van der Waals surface area contributed by atoms with E-state index in [9.17, 15) is 4.79 Å². The van der Waals surface area contributed by atoms with Gasteiger partial charge in [0.15, 0.2) is 5.82 Å². The molecule has 10 heteroatoms. The van der Waals surface area contributed by atoms with Gasteiger partial charge in [-0.15, -0.1) is 10.2 Å². The molecule has 6 aromatic rings. The fourth-order valence-electron chi connectivity index (χ4n) is 5.77. The van der Waals surface area contributed by atoms with Gasteiger partial charge in [0.25, 0.3) is 0 Å². The predicted octanol–water partition coefficient (Wildman–Crippen LogP) is 5.23. The number of para-hydroxylation sites is 2. The molecule has 3 aromatic carbocycles. The Balaban J connectivity index is 1.42. The summed E-state index contributed by atoms with van der Waals surface area (Å²) in [7, 11) is 3.28. The van der Waals surface area contributed by atoms with Gasteiger partial charge in [0.2, 0.25) is 5.91 Å². The highest BCUT2D eigenvalue weighted by Crippen LogP contribution is 2.29. The molecule has 1 amide bonds. The number of benzene rings is 3. The van der Waals surface area contributed by atoms with Gasteiger partial charge in [-0.3, -0.25) is 4.79 Å². The number of hydrogen-bond donors (Lipinski definition) is 4. The number of amides is 1. The smallest absolute Gasteiger partial charge is 0.240 e. The number of fused-ring (bicyclic) bond motifs is 2. The van der Waals surface area contributed by atoms with Crippen LogP contribution in [0.25, 0.3) is 21.8 Å². The fourth-order valence-corrected chi connectivity index (χ4v) is 5.77. The van der Waals surface area contributed by atoms with Crippen LogP contribution in [0.5, 0.6) is 11.5 Å². The molecule has 0 radical (unpaired) electrons. The summed E-state index contributed by atoms with van der Waals surface area (Å²) < 4.78 is 13.3. The molecule has 1 unspecified atom stereocenters. The van der Waals surface area contributed by atoms with Gasteiger partial charge in [0, 0.05) is 58.7 Å². The highest BCUT2D eigenvalue weighted by molar-refractivity contribution is 5.86. The number of aromatic amines is 2. The number of hydrogen-bond acceptors (Lipinski definition) is 6. The summed E-state index contributed by atoms with van der Waals surface area (Å²) in [6.07, 6.45) is 5.94. The van der Waals surface area contributed by atoms with Crippen LogP contribution >= 0.6 is 0 Å². The largest absolute Gasteiger partial charge is 0.497 e. The number of aryl methyl sites for hydroxylation is 2. The number of ether oxygens (including phenoxy) is 2. The Kier molecular flexibility index (Phi) is 8.32. The molecule has 232 valence electrons. The van der Waals surface area contributed by atoms with Gasteiger partial charge >= 0.3 is 0 Å². The van der Waals surface area contributed by atoms with Crippen molar-refractivity contribution in [1.82, 2.24) is 30.0 Å². The van der Waals surface area contributed by atoms with Crippen LogP contribution in [0, 0.1) is 0 Å². The normalized spacial score (nSPS) is 12.5. The maximum absolute atomic E-state index is 13.4. The lowest BCUT2D eigenvalue weighted by Gasteiger charge is -2.25. The Morgan fingerprint density at radius 1 is 0.889 bits per heavy atom. The summed E-state index contributed by atoms with van der Waals surface area (Å²) in [5.74, 6) is 2.57. The standard InChI is InChI=1S/C35H39N7O3/c1-35(2,36)34(43)39-30(17-24-20-38-29-12-8-6-10-27(24)29)33-41-40-32(16-14-22-19-37-28-11-7-5-9-26(22)28)42(33)21-23-13-15-25(44-3)18-31(23)45-4/h5-13,15,18-20,30,37-38H,14,16-17,21,36H2,1-4H3,(H,39,43). The van der Waals surface area contributed by atoms with E-state index in [0.717, 1.165) is 39.8 Å². The number of carbonyl (C=O) groups is 1. The van der Waals surface area contributed by atoms with E-state index in [0.29, 0.717) is 36.7 Å². The molecule has 5 N–H and O–H groups in total. The Hall–Kier alpha value is -5.09. The third kappa shape index (κ3) is 6.28. The quantitative estimate of drug-likeness (QED) is 0.151. The van der Waals surface area contributed by atoms with Gasteiger partial charge in [0.05, 0.1) is 32.3 Å². The van der Waals surface area contributed by atoms with Crippen molar-refractivity contribution >= 4 is 27.7 Å². The molecule has 45 heavy (non-hydrogen) atoms. The molecule has 0 aliphatic rings. The highest BCUT2D eigenvalue weighted by Gasteiger charge is 2.30. The van der Waals surface area contributed by atoms with Crippen LogP contribution in [-0.2, 0) is 30.6 Å². The summed E-state index contributed by atoms with van der Waals surface area (Å²) in [5, 5.41) is 14.9. The van der Waals surface area contributed by atoms with E-state index >= 15 is 0 Å². The number of nitrogens with two attached hydrogens (primary N) is 1. The van der Waals surface area contributed by atoms with Gasteiger partial charge in [0.1, 0.15) is 17.3 Å². The minimum absolute atomic E-state index is 0.274. The third-order valence-corrected chi connectivity index (χ3v) is 8.27. The molecule has 6 rings (SSSR count). The summed E-state index contributed by atoms with van der Waals surface area (Å²) >= 11 is 0. The Bertz CT molecular complexity index is 1950. The molecule has 0 bridgehead atoms. The lowest BCUT2D eigenvalue weighted by Crippen LogP contribution is -2.50. The molecule has 10 nitrogen and oxygen atoms in total.